The van der Waals surface area contributed by atoms with Crippen LogP contribution in [-0.2, 0) is 5.41 Å². The van der Waals surface area contributed by atoms with E-state index in [2.05, 4.69) is 52.6 Å². The van der Waals surface area contributed by atoms with E-state index in [9.17, 15) is 9.90 Å². The molecule has 1 heterocycles. The van der Waals surface area contributed by atoms with Gasteiger partial charge < -0.3 is 9.84 Å². The molecule has 0 fully saturated rings. The number of H-pyrrole nitrogens is 1. The van der Waals surface area contributed by atoms with Gasteiger partial charge >= 0.3 is 0 Å². The van der Waals surface area contributed by atoms with Crippen molar-refractivity contribution in [3.8, 4) is 11.5 Å². The smallest absolute Gasteiger partial charge is 0.291 e. The van der Waals surface area contributed by atoms with E-state index in [1.165, 1.54) is 13.3 Å². The number of carbonyl (C=O) groups is 1. The van der Waals surface area contributed by atoms with Crippen molar-refractivity contribution in [2.24, 2.45) is 5.10 Å². The second-order valence-corrected chi connectivity index (χ2v) is 7.90. The van der Waals surface area contributed by atoms with Crippen LogP contribution >= 0.6 is 31.9 Å². The lowest BCUT2D eigenvalue weighted by Gasteiger charge is -2.14. The summed E-state index contributed by atoms with van der Waals surface area (Å²) in [5, 5.41) is 20.9. The molecule has 0 aliphatic rings. The predicted octanol–water partition coefficient (Wildman–Crippen LogP) is 3.71. The Kier molecular flexibility index (Phi) is 5.89. The summed E-state index contributed by atoms with van der Waals surface area (Å²) in [5.41, 5.74) is 3.69. The zero-order chi connectivity index (χ0) is 18.8. The van der Waals surface area contributed by atoms with E-state index in [4.69, 9.17) is 4.74 Å². The maximum absolute atomic E-state index is 12.1. The molecule has 0 atom stereocenters. The number of hydrazone groups is 1. The third kappa shape index (κ3) is 4.40. The summed E-state index contributed by atoms with van der Waals surface area (Å²) < 4.78 is 6.35. The Hall–Kier alpha value is -1.87. The van der Waals surface area contributed by atoms with Crippen LogP contribution in [-0.4, -0.2) is 34.5 Å². The van der Waals surface area contributed by atoms with Gasteiger partial charge in [0.2, 0.25) is 0 Å². The third-order valence-electron chi connectivity index (χ3n) is 3.39. The summed E-state index contributed by atoms with van der Waals surface area (Å²) >= 11 is 6.70. The summed E-state index contributed by atoms with van der Waals surface area (Å²) in [6.45, 7) is 6.05. The molecule has 1 aromatic heterocycles. The minimum absolute atomic E-state index is 0.0923. The van der Waals surface area contributed by atoms with Gasteiger partial charge in [-0.25, -0.2) is 5.43 Å². The zero-order valence-electron chi connectivity index (χ0n) is 14.1. The highest BCUT2D eigenvalue weighted by Gasteiger charge is 2.19. The minimum Gasteiger partial charge on any atom is -0.504 e. The second-order valence-electron chi connectivity index (χ2n) is 6.25. The van der Waals surface area contributed by atoms with Gasteiger partial charge in [-0.2, -0.15) is 10.2 Å². The Morgan fingerprint density at radius 2 is 2.08 bits per heavy atom. The molecule has 0 aliphatic heterocycles. The highest BCUT2D eigenvalue weighted by Crippen LogP contribution is 2.39. The quantitative estimate of drug-likeness (QED) is 0.465. The van der Waals surface area contributed by atoms with Gasteiger partial charge in [-0.05, 0) is 44.0 Å². The van der Waals surface area contributed by atoms with Gasteiger partial charge in [-0.3, -0.25) is 9.89 Å². The normalized spacial score (nSPS) is 11.8. The molecule has 2 rings (SSSR count). The van der Waals surface area contributed by atoms with Crippen LogP contribution in [0.15, 0.2) is 26.2 Å². The number of hydrogen-bond acceptors (Lipinski definition) is 5. The highest BCUT2D eigenvalue weighted by atomic mass is 79.9. The molecule has 1 aromatic carbocycles. The summed E-state index contributed by atoms with van der Waals surface area (Å²) in [6.07, 6.45) is 1.32. The average molecular weight is 474 g/mol. The maximum atomic E-state index is 12.1. The lowest BCUT2D eigenvalue weighted by Crippen LogP contribution is -2.18. The molecule has 3 N–H and O–H groups in total. The molecule has 0 spiro atoms. The van der Waals surface area contributed by atoms with E-state index in [0.29, 0.717) is 14.5 Å². The van der Waals surface area contributed by atoms with Crippen molar-refractivity contribution in [1.82, 2.24) is 15.6 Å². The number of aromatic nitrogens is 2. The van der Waals surface area contributed by atoms with E-state index >= 15 is 0 Å². The molecule has 25 heavy (non-hydrogen) atoms. The van der Waals surface area contributed by atoms with Crippen molar-refractivity contribution in [1.29, 1.82) is 0 Å². The number of halogens is 2. The molecular formula is C16H18Br2N4O3. The maximum Gasteiger partial charge on any atom is 0.291 e. The molecule has 134 valence electrons. The number of aromatic hydroxyl groups is 1. The average Bonchev–Trinajstić information content (AvgIpc) is 3.04. The topological polar surface area (TPSA) is 99.6 Å². The summed E-state index contributed by atoms with van der Waals surface area (Å²) in [7, 11) is 1.45. The summed E-state index contributed by atoms with van der Waals surface area (Å²) in [6, 6.07) is 3.30. The van der Waals surface area contributed by atoms with Gasteiger partial charge in [0, 0.05) is 20.1 Å². The Balaban J connectivity index is 2.17. The molecule has 1 amide bonds. The van der Waals surface area contributed by atoms with Crippen LogP contribution < -0.4 is 10.2 Å². The molecule has 0 bridgehead atoms. The molecular weight excluding hydrogens is 456 g/mol. The molecule has 0 radical (unpaired) electrons. The largest absolute Gasteiger partial charge is 0.504 e. The van der Waals surface area contributed by atoms with E-state index < -0.39 is 5.91 Å². The van der Waals surface area contributed by atoms with Crippen molar-refractivity contribution in [3.63, 3.8) is 0 Å². The number of amides is 1. The van der Waals surface area contributed by atoms with E-state index in [-0.39, 0.29) is 22.6 Å². The first kappa shape index (κ1) is 19.5. The lowest BCUT2D eigenvalue weighted by molar-refractivity contribution is 0.0950. The Bertz CT molecular complexity index is 826. The first-order valence-electron chi connectivity index (χ1n) is 7.29. The summed E-state index contributed by atoms with van der Waals surface area (Å²) in [5.74, 6) is -0.268. The number of phenols is 1. The van der Waals surface area contributed by atoms with Crippen LogP contribution in [0.5, 0.6) is 11.5 Å². The van der Waals surface area contributed by atoms with Gasteiger partial charge in [-0.15, -0.1) is 0 Å². The van der Waals surface area contributed by atoms with Crippen LogP contribution in [0, 0.1) is 0 Å². The highest BCUT2D eigenvalue weighted by molar-refractivity contribution is 9.13. The van der Waals surface area contributed by atoms with Crippen LogP contribution in [0.1, 0.15) is 42.5 Å². The van der Waals surface area contributed by atoms with E-state index in [1.807, 2.05) is 20.8 Å². The van der Waals surface area contributed by atoms with Crippen molar-refractivity contribution in [3.05, 3.63) is 38.0 Å². The van der Waals surface area contributed by atoms with Crippen LogP contribution in [0.3, 0.4) is 0 Å². The molecule has 7 nitrogen and oxygen atoms in total. The SMILES string of the molecule is COc1cc(Br)c(Br)c(C=NNC(=O)c2cc(C(C)(C)C)[nH]n2)c1O. The number of rotatable bonds is 4. The number of phenolic OH excluding ortho intramolecular Hbond substituents is 1. The molecule has 0 unspecified atom stereocenters. The monoisotopic (exact) mass is 472 g/mol. The lowest BCUT2D eigenvalue weighted by atomic mass is 9.92. The first-order chi connectivity index (χ1) is 11.6. The van der Waals surface area contributed by atoms with Crippen molar-refractivity contribution in [2.45, 2.75) is 26.2 Å². The number of nitrogens with zero attached hydrogens (tertiary/aromatic N) is 2. The molecule has 2 aromatic rings. The number of nitrogens with one attached hydrogen (secondary N) is 2. The number of carbonyl (C=O) groups excluding carboxylic acids is 1. The van der Waals surface area contributed by atoms with Crippen molar-refractivity contribution in [2.75, 3.05) is 7.11 Å². The third-order valence-corrected chi connectivity index (χ3v) is 5.40. The standard InChI is InChI=1S/C16H18Br2N4O3/c1-16(2,3)12-6-10(20-21-12)15(24)22-19-7-8-13(18)9(17)5-11(25-4)14(8)23/h5-7,23H,1-4H3,(H,20,21)(H,22,24). The van der Waals surface area contributed by atoms with E-state index in [0.717, 1.165) is 5.69 Å². The first-order valence-corrected chi connectivity index (χ1v) is 8.88. The second kappa shape index (κ2) is 7.57. The van der Waals surface area contributed by atoms with Crippen LogP contribution in [0.25, 0.3) is 0 Å². The van der Waals surface area contributed by atoms with Gasteiger partial charge in [0.05, 0.1) is 18.9 Å². The number of benzene rings is 1. The summed E-state index contributed by atoms with van der Waals surface area (Å²) in [4.78, 5) is 12.1. The fourth-order valence-electron chi connectivity index (χ4n) is 1.92. The Morgan fingerprint density at radius 1 is 1.40 bits per heavy atom. The van der Waals surface area contributed by atoms with Crippen LogP contribution in [0.4, 0.5) is 0 Å². The number of aromatic amines is 1. The number of hydrogen-bond donors (Lipinski definition) is 3. The molecule has 9 heteroatoms. The van der Waals surface area contributed by atoms with Gasteiger partial charge in [0.1, 0.15) is 0 Å². The zero-order valence-corrected chi connectivity index (χ0v) is 17.3. The Labute approximate surface area is 162 Å². The van der Waals surface area contributed by atoms with Gasteiger partial charge in [0.25, 0.3) is 5.91 Å². The number of ether oxygens (including phenoxy) is 1. The van der Waals surface area contributed by atoms with Gasteiger partial charge in [-0.1, -0.05) is 20.8 Å². The van der Waals surface area contributed by atoms with Crippen LogP contribution in [0.2, 0.25) is 0 Å². The number of methoxy groups -OCH3 is 1. The molecule has 0 saturated carbocycles. The fraction of sp³-hybridized carbons (Fsp3) is 0.312. The molecule has 0 saturated heterocycles. The Morgan fingerprint density at radius 3 is 2.64 bits per heavy atom. The van der Waals surface area contributed by atoms with Gasteiger partial charge in [0.15, 0.2) is 17.2 Å². The predicted molar refractivity (Wildman–Crippen MR) is 102 cm³/mol. The van der Waals surface area contributed by atoms with Crippen molar-refractivity contribution < 1.29 is 14.6 Å². The van der Waals surface area contributed by atoms with E-state index in [1.54, 1.807) is 12.1 Å². The fourth-order valence-corrected chi connectivity index (χ4v) is 2.75. The minimum atomic E-state index is -0.458. The molecule has 0 aliphatic carbocycles. The van der Waals surface area contributed by atoms with Crippen molar-refractivity contribution >= 4 is 44.0 Å².